The van der Waals surface area contributed by atoms with E-state index in [4.69, 9.17) is 10.5 Å². The minimum Gasteiger partial charge on any atom is -0.385 e. The molecule has 2 amide bonds. The summed E-state index contributed by atoms with van der Waals surface area (Å²) in [5, 5.41) is 0. The van der Waals surface area contributed by atoms with E-state index in [1.165, 1.54) is 0 Å². The molecule has 5 heteroatoms. The fraction of sp³-hybridized carbons (Fsp3) is 0.889. The summed E-state index contributed by atoms with van der Waals surface area (Å²) in [6.07, 6.45) is 0.901. The van der Waals surface area contributed by atoms with Crippen LogP contribution in [-0.2, 0) is 4.74 Å². The number of hydrogen-bond acceptors (Lipinski definition) is 3. The molecule has 82 valence electrons. The van der Waals surface area contributed by atoms with E-state index in [1.807, 2.05) is 4.90 Å². The topological polar surface area (TPSA) is 58.8 Å². The first-order valence-electron chi connectivity index (χ1n) is 5.02. The Morgan fingerprint density at radius 2 is 2.00 bits per heavy atom. The maximum Gasteiger partial charge on any atom is 0.320 e. The number of methoxy groups -OCH3 is 1. The molecule has 0 aromatic heterocycles. The maximum absolute atomic E-state index is 11.6. The third-order valence-electron chi connectivity index (χ3n) is 2.36. The van der Waals surface area contributed by atoms with Crippen molar-refractivity contribution in [2.75, 3.05) is 46.4 Å². The van der Waals surface area contributed by atoms with E-state index < -0.39 is 0 Å². The van der Waals surface area contributed by atoms with Crippen LogP contribution in [0.3, 0.4) is 0 Å². The van der Waals surface area contributed by atoms with Crippen molar-refractivity contribution >= 4 is 6.03 Å². The van der Waals surface area contributed by atoms with Gasteiger partial charge in [0.2, 0.25) is 0 Å². The van der Waals surface area contributed by atoms with Gasteiger partial charge in [-0.05, 0) is 6.42 Å². The molecule has 0 atom stereocenters. The van der Waals surface area contributed by atoms with Gasteiger partial charge in [0.25, 0.3) is 0 Å². The van der Waals surface area contributed by atoms with Crippen LogP contribution in [0.5, 0.6) is 0 Å². The van der Waals surface area contributed by atoms with Crippen molar-refractivity contribution in [3.05, 3.63) is 0 Å². The molecular weight excluding hydrogens is 182 g/mol. The normalized spacial score (nSPS) is 16.9. The smallest absolute Gasteiger partial charge is 0.320 e. The van der Waals surface area contributed by atoms with Gasteiger partial charge in [-0.2, -0.15) is 0 Å². The fourth-order valence-electron chi connectivity index (χ4n) is 1.60. The Kier molecular flexibility index (Phi) is 4.69. The van der Waals surface area contributed by atoms with E-state index in [-0.39, 0.29) is 6.03 Å². The Morgan fingerprint density at radius 3 is 2.57 bits per heavy atom. The van der Waals surface area contributed by atoms with Crippen LogP contribution in [0.1, 0.15) is 6.42 Å². The standard InChI is InChI=1S/C9H19N3O2/c1-14-8-2-4-11-6-7-12(5-3-10)9(11)13/h2-8,10H2,1H3. The molecular formula is C9H19N3O2. The first-order valence-corrected chi connectivity index (χ1v) is 5.02. The van der Waals surface area contributed by atoms with Gasteiger partial charge in [-0.15, -0.1) is 0 Å². The molecule has 1 aliphatic rings. The molecule has 0 aliphatic carbocycles. The molecule has 0 aromatic carbocycles. The van der Waals surface area contributed by atoms with Crippen molar-refractivity contribution in [1.82, 2.24) is 9.80 Å². The van der Waals surface area contributed by atoms with E-state index in [2.05, 4.69) is 0 Å². The van der Waals surface area contributed by atoms with Crippen molar-refractivity contribution in [3.63, 3.8) is 0 Å². The predicted molar refractivity (Wildman–Crippen MR) is 54.1 cm³/mol. The second-order valence-corrected chi connectivity index (χ2v) is 3.39. The number of hydrogen-bond donors (Lipinski definition) is 1. The Bertz CT molecular complexity index is 187. The largest absolute Gasteiger partial charge is 0.385 e. The summed E-state index contributed by atoms with van der Waals surface area (Å²) in [6, 6.07) is 0.117. The molecule has 0 spiro atoms. The Morgan fingerprint density at radius 1 is 1.36 bits per heavy atom. The van der Waals surface area contributed by atoms with Gasteiger partial charge in [0.1, 0.15) is 0 Å². The minimum atomic E-state index is 0.117. The molecule has 1 heterocycles. The molecule has 1 aliphatic heterocycles. The lowest BCUT2D eigenvalue weighted by Crippen LogP contribution is -2.35. The average Bonchev–Trinajstić information content (AvgIpc) is 2.51. The number of rotatable bonds is 6. The predicted octanol–water partition coefficient (Wildman–Crippen LogP) is -0.281. The summed E-state index contributed by atoms with van der Waals surface area (Å²) >= 11 is 0. The zero-order valence-corrected chi connectivity index (χ0v) is 8.74. The zero-order valence-electron chi connectivity index (χ0n) is 8.74. The van der Waals surface area contributed by atoms with Gasteiger partial charge in [-0.1, -0.05) is 0 Å². The molecule has 2 N–H and O–H groups in total. The summed E-state index contributed by atoms with van der Waals surface area (Å²) in [4.78, 5) is 15.3. The SMILES string of the molecule is COCCCN1CCN(CCN)C1=O. The highest BCUT2D eigenvalue weighted by Crippen LogP contribution is 2.07. The fourth-order valence-corrected chi connectivity index (χ4v) is 1.60. The quantitative estimate of drug-likeness (QED) is 0.601. The van der Waals surface area contributed by atoms with E-state index in [0.29, 0.717) is 19.7 Å². The number of nitrogens with zero attached hydrogens (tertiary/aromatic N) is 2. The van der Waals surface area contributed by atoms with Crippen LogP contribution < -0.4 is 5.73 Å². The molecule has 1 saturated heterocycles. The van der Waals surface area contributed by atoms with Gasteiger partial charge in [-0.3, -0.25) is 0 Å². The molecule has 5 nitrogen and oxygen atoms in total. The van der Waals surface area contributed by atoms with Gasteiger partial charge >= 0.3 is 6.03 Å². The number of ether oxygens (including phenoxy) is 1. The first-order chi connectivity index (χ1) is 6.79. The highest BCUT2D eigenvalue weighted by molar-refractivity contribution is 5.76. The van der Waals surface area contributed by atoms with Gasteiger partial charge in [0.15, 0.2) is 0 Å². The summed E-state index contributed by atoms with van der Waals surface area (Å²) in [7, 11) is 1.67. The highest BCUT2D eigenvalue weighted by Gasteiger charge is 2.26. The van der Waals surface area contributed by atoms with Crippen LogP contribution in [0.2, 0.25) is 0 Å². The zero-order chi connectivity index (χ0) is 10.4. The van der Waals surface area contributed by atoms with Crippen molar-refractivity contribution in [2.45, 2.75) is 6.42 Å². The number of nitrogens with two attached hydrogens (primary N) is 1. The van der Waals surface area contributed by atoms with Crippen molar-refractivity contribution in [1.29, 1.82) is 0 Å². The number of carbonyl (C=O) groups is 1. The number of amides is 2. The van der Waals surface area contributed by atoms with Crippen LogP contribution in [0.25, 0.3) is 0 Å². The minimum absolute atomic E-state index is 0.117. The maximum atomic E-state index is 11.6. The van der Waals surface area contributed by atoms with Gasteiger partial charge in [-0.25, -0.2) is 4.79 Å². The number of carbonyl (C=O) groups excluding carboxylic acids is 1. The van der Waals surface area contributed by atoms with E-state index in [0.717, 1.165) is 26.1 Å². The molecule has 0 aromatic rings. The first kappa shape index (κ1) is 11.3. The lowest BCUT2D eigenvalue weighted by atomic mass is 10.4. The van der Waals surface area contributed by atoms with Crippen LogP contribution in [0.15, 0.2) is 0 Å². The molecule has 14 heavy (non-hydrogen) atoms. The summed E-state index contributed by atoms with van der Waals surface area (Å²) in [6.45, 7) is 4.33. The van der Waals surface area contributed by atoms with Gasteiger partial charge in [0.05, 0.1) is 0 Å². The Labute approximate surface area is 84.8 Å². The molecule has 1 rings (SSSR count). The molecule has 0 bridgehead atoms. The number of urea groups is 1. The van der Waals surface area contributed by atoms with E-state index >= 15 is 0 Å². The monoisotopic (exact) mass is 201 g/mol. The van der Waals surface area contributed by atoms with Crippen molar-refractivity contribution < 1.29 is 9.53 Å². The van der Waals surface area contributed by atoms with E-state index in [1.54, 1.807) is 12.0 Å². The second-order valence-electron chi connectivity index (χ2n) is 3.39. The summed E-state index contributed by atoms with van der Waals surface area (Å²) < 4.78 is 4.94. The average molecular weight is 201 g/mol. The van der Waals surface area contributed by atoms with E-state index in [9.17, 15) is 4.79 Å². The lowest BCUT2D eigenvalue weighted by molar-refractivity contribution is 0.171. The second kappa shape index (κ2) is 5.82. The van der Waals surface area contributed by atoms with Crippen molar-refractivity contribution in [3.8, 4) is 0 Å². The van der Waals surface area contributed by atoms with Gasteiger partial charge < -0.3 is 20.3 Å². The van der Waals surface area contributed by atoms with Crippen LogP contribution in [0.4, 0.5) is 4.79 Å². The van der Waals surface area contributed by atoms with Crippen LogP contribution >= 0.6 is 0 Å². The molecule has 1 fully saturated rings. The van der Waals surface area contributed by atoms with Gasteiger partial charge in [0, 0.05) is 46.4 Å². The summed E-state index contributed by atoms with van der Waals surface area (Å²) in [5.74, 6) is 0. The van der Waals surface area contributed by atoms with Crippen molar-refractivity contribution in [2.24, 2.45) is 5.73 Å². The summed E-state index contributed by atoms with van der Waals surface area (Å²) in [5.41, 5.74) is 5.41. The van der Waals surface area contributed by atoms with Crippen LogP contribution in [-0.4, -0.2) is 62.3 Å². The molecule has 0 saturated carbocycles. The van der Waals surface area contributed by atoms with Crippen LogP contribution in [0, 0.1) is 0 Å². The Hall–Kier alpha value is -0.810. The lowest BCUT2D eigenvalue weighted by Gasteiger charge is -2.17. The highest BCUT2D eigenvalue weighted by atomic mass is 16.5. The third-order valence-corrected chi connectivity index (χ3v) is 2.36. The third kappa shape index (κ3) is 2.85. The molecule has 0 radical (unpaired) electrons. The molecule has 0 unspecified atom stereocenters. The Balaban J connectivity index is 2.25.